The zero-order valence-corrected chi connectivity index (χ0v) is 16.4. The SMILES string of the molecule is CC1(C)CN(C(=O)CCn2cc(Cl)cn2)CCC1(O)CN1CCOCC1. The van der Waals surface area contributed by atoms with Gasteiger partial charge in [-0.1, -0.05) is 25.4 Å². The number of hydrogen-bond acceptors (Lipinski definition) is 5. The van der Waals surface area contributed by atoms with Gasteiger partial charge in [-0.05, 0) is 6.42 Å². The van der Waals surface area contributed by atoms with Gasteiger partial charge in [0.05, 0.1) is 30.0 Å². The molecule has 26 heavy (non-hydrogen) atoms. The monoisotopic (exact) mass is 384 g/mol. The quantitative estimate of drug-likeness (QED) is 0.827. The topological polar surface area (TPSA) is 70.8 Å². The van der Waals surface area contributed by atoms with E-state index in [0.717, 1.165) is 26.3 Å². The van der Waals surface area contributed by atoms with Crippen molar-refractivity contribution in [2.75, 3.05) is 45.9 Å². The number of β-amino-alcohol motifs (C(OH)–C–C–N with tert-alkyl or cyclic N) is 1. The number of amides is 1. The molecule has 1 atom stereocenters. The Morgan fingerprint density at radius 2 is 2.08 bits per heavy atom. The van der Waals surface area contributed by atoms with Crippen molar-refractivity contribution in [2.24, 2.45) is 5.41 Å². The molecule has 2 aliphatic heterocycles. The summed E-state index contributed by atoms with van der Waals surface area (Å²) in [4.78, 5) is 16.8. The average molecular weight is 385 g/mol. The van der Waals surface area contributed by atoms with Crippen LogP contribution in [0.1, 0.15) is 26.7 Å². The van der Waals surface area contributed by atoms with E-state index in [1.54, 1.807) is 17.1 Å². The maximum atomic E-state index is 12.6. The van der Waals surface area contributed by atoms with Crippen molar-refractivity contribution >= 4 is 17.5 Å². The molecule has 0 spiro atoms. The van der Waals surface area contributed by atoms with Crippen LogP contribution in [0.4, 0.5) is 0 Å². The van der Waals surface area contributed by atoms with Gasteiger partial charge in [0.15, 0.2) is 0 Å². The first-order valence-electron chi connectivity index (χ1n) is 9.27. The lowest BCUT2D eigenvalue weighted by molar-refractivity contribution is -0.157. The number of aryl methyl sites for hydroxylation is 1. The van der Waals surface area contributed by atoms with Gasteiger partial charge < -0.3 is 14.7 Å². The highest BCUT2D eigenvalue weighted by atomic mass is 35.5. The van der Waals surface area contributed by atoms with Crippen molar-refractivity contribution in [3.8, 4) is 0 Å². The molecule has 1 unspecified atom stereocenters. The van der Waals surface area contributed by atoms with Crippen LogP contribution in [0.25, 0.3) is 0 Å². The van der Waals surface area contributed by atoms with Crippen LogP contribution in [-0.2, 0) is 16.1 Å². The molecule has 7 nitrogen and oxygen atoms in total. The molecule has 1 N–H and O–H groups in total. The van der Waals surface area contributed by atoms with E-state index in [1.165, 1.54) is 0 Å². The van der Waals surface area contributed by atoms with Gasteiger partial charge in [-0.3, -0.25) is 14.4 Å². The predicted octanol–water partition coefficient (Wildman–Crippen LogP) is 1.25. The molecular weight excluding hydrogens is 356 g/mol. The minimum Gasteiger partial charge on any atom is -0.388 e. The van der Waals surface area contributed by atoms with Crippen molar-refractivity contribution < 1.29 is 14.6 Å². The number of carbonyl (C=O) groups is 1. The van der Waals surface area contributed by atoms with Gasteiger partial charge >= 0.3 is 0 Å². The molecular formula is C18H29ClN4O3. The number of morpholine rings is 1. The normalized spacial score (nSPS) is 26.8. The first-order valence-corrected chi connectivity index (χ1v) is 9.65. The second-order valence-corrected chi connectivity index (χ2v) is 8.48. The number of aromatic nitrogens is 2. The Kier molecular flexibility index (Phi) is 5.91. The summed E-state index contributed by atoms with van der Waals surface area (Å²) in [6.07, 6.45) is 4.27. The summed E-state index contributed by atoms with van der Waals surface area (Å²) >= 11 is 5.85. The van der Waals surface area contributed by atoms with Gasteiger partial charge in [0.25, 0.3) is 0 Å². The number of ether oxygens (including phenoxy) is 1. The van der Waals surface area contributed by atoms with Crippen LogP contribution in [0.3, 0.4) is 0 Å². The van der Waals surface area contributed by atoms with Crippen molar-refractivity contribution in [2.45, 2.75) is 38.8 Å². The van der Waals surface area contributed by atoms with Crippen molar-refractivity contribution in [3.63, 3.8) is 0 Å². The lowest BCUT2D eigenvalue weighted by Crippen LogP contribution is -2.63. The maximum absolute atomic E-state index is 12.6. The van der Waals surface area contributed by atoms with Crippen LogP contribution in [0, 0.1) is 5.41 Å². The molecule has 8 heteroatoms. The summed E-state index contributed by atoms with van der Waals surface area (Å²) in [6.45, 7) is 9.56. The number of carbonyl (C=O) groups excluding carboxylic acids is 1. The standard InChI is InChI=1S/C18H29ClN4O3/c1-17(2)13-22(16(24)3-5-23-12-15(19)11-20-23)6-4-18(17,25)14-21-7-9-26-10-8-21/h11-12,25H,3-10,13-14H2,1-2H3. The van der Waals surface area contributed by atoms with Crippen molar-refractivity contribution in [3.05, 3.63) is 17.4 Å². The average Bonchev–Trinajstić information content (AvgIpc) is 3.01. The number of likely N-dealkylation sites (tertiary alicyclic amines) is 1. The molecule has 0 radical (unpaired) electrons. The zero-order valence-electron chi connectivity index (χ0n) is 15.7. The second-order valence-electron chi connectivity index (χ2n) is 8.04. The van der Waals surface area contributed by atoms with Gasteiger partial charge in [-0.2, -0.15) is 5.10 Å². The molecule has 146 valence electrons. The fourth-order valence-electron chi connectivity index (χ4n) is 3.83. The number of rotatable bonds is 5. The molecule has 2 aliphatic rings. The summed E-state index contributed by atoms with van der Waals surface area (Å²) in [5.41, 5.74) is -1.16. The molecule has 0 saturated carbocycles. The molecule has 1 amide bonds. The molecule has 2 fully saturated rings. The lowest BCUT2D eigenvalue weighted by atomic mass is 9.69. The smallest absolute Gasteiger partial charge is 0.224 e. The largest absolute Gasteiger partial charge is 0.388 e. The van der Waals surface area contributed by atoms with E-state index in [4.69, 9.17) is 16.3 Å². The molecule has 2 saturated heterocycles. The van der Waals surface area contributed by atoms with E-state index < -0.39 is 5.60 Å². The predicted molar refractivity (Wildman–Crippen MR) is 99.0 cm³/mol. The van der Waals surface area contributed by atoms with Crippen LogP contribution >= 0.6 is 11.6 Å². The third kappa shape index (κ3) is 4.39. The highest BCUT2D eigenvalue weighted by molar-refractivity contribution is 6.30. The minimum absolute atomic E-state index is 0.0955. The van der Waals surface area contributed by atoms with Gasteiger partial charge in [-0.25, -0.2) is 0 Å². The Morgan fingerprint density at radius 3 is 2.69 bits per heavy atom. The summed E-state index contributed by atoms with van der Waals surface area (Å²) in [5, 5.41) is 16.0. The van der Waals surface area contributed by atoms with Crippen molar-refractivity contribution in [1.82, 2.24) is 19.6 Å². The number of aliphatic hydroxyl groups is 1. The Bertz CT molecular complexity index is 630. The van der Waals surface area contributed by atoms with E-state index >= 15 is 0 Å². The Balaban J connectivity index is 1.55. The van der Waals surface area contributed by atoms with Gasteiger partial charge in [0.2, 0.25) is 5.91 Å². The van der Waals surface area contributed by atoms with E-state index in [-0.39, 0.29) is 11.3 Å². The van der Waals surface area contributed by atoms with Gasteiger partial charge in [0.1, 0.15) is 0 Å². The maximum Gasteiger partial charge on any atom is 0.224 e. The third-order valence-electron chi connectivity index (χ3n) is 5.74. The number of piperidine rings is 1. The zero-order chi connectivity index (χ0) is 18.8. The lowest BCUT2D eigenvalue weighted by Gasteiger charge is -2.52. The molecule has 1 aromatic rings. The third-order valence-corrected chi connectivity index (χ3v) is 5.93. The Morgan fingerprint density at radius 1 is 1.35 bits per heavy atom. The summed E-state index contributed by atoms with van der Waals surface area (Å²) in [6, 6.07) is 0. The number of nitrogens with zero attached hydrogens (tertiary/aromatic N) is 4. The highest BCUT2D eigenvalue weighted by Gasteiger charge is 2.49. The fraction of sp³-hybridized carbons (Fsp3) is 0.778. The fourth-order valence-corrected chi connectivity index (χ4v) is 3.98. The van der Waals surface area contributed by atoms with Gasteiger partial charge in [-0.15, -0.1) is 0 Å². The number of halogens is 1. The minimum atomic E-state index is -0.795. The van der Waals surface area contributed by atoms with Crippen LogP contribution in [-0.4, -0.2) is 82.1 Å². The van der Waals surface area contributed by atoms with E-state index in [9.17, 15) is 9.90 Å². The van der Waals surface area contributed by atoms with Crippen LogP contribution < -0.4 is 0 Å². The molecule has 1 aromatic heterocycles. The molecule has 3 rings (SSSR count). The van der Waals surface area contributed by atoms with E-state index in [1.807, 2.05) is 4.90 Å². The van der Waals surface area contributed by atoms with Crippen molar-refractivity contribution in [1.29, 1.82) is 0 Å². The molecule has 3 heterocycles. The summed E-state index contributed by atoms with van der Waals surface area (Å²) in [5.74, 6) is 0.0955. The number of hydrogen-bond donors (Lipinski definition) is 1. The first-order chi connectivity index (χ1) is 12.3. The summed E-state index contributed by atoms with van der Waals surface area (Å²) < 4.78 is 7.08. The van der Waals surface area contributed by atoms with Crippen LogP contribution in [0.5, 0.6) is 0 Å². The Hall–Kier alpha value is -1.15. The van der Waals surface area contributed by atoms with E-state index in [0.29, 0.717) is 44.0 Å². The van der Waals surface area contributed by atoms with Gasteiger partial charge in [0, 0.05) is 57.3 Å². The highest BCUT2D eigenvalue weighted by Crippen LogP contribution is 2.39. The second kappa shape index (κ2) is 7.84. The summed E-state index contributed by atoms with van der Waals surface area (Å²) in [7, 11) is 0. The van der Waals surface area contributed by atoms with E-state index in [2.05, 4.69) is 23.8 Å². The Labute approximate surface area is 159 Å². The molecule has 0 aromatic carbocycles. The molecule has 0 bridgehead atoms. The van der Waals surface area contributed by atoms with Crippen LogP contribution in [0.2, 0.25) is 5.02 Å². The molecule has 0 aliphatic carbocycles. The van der Waals surface area contributed by atoms with Crippen LogP contribution in [0.15, 0.2) is 12.4 Å². The first kappa shape index (κ1) is 19.6.